The summed E-state index contributed by atoms with van der Waals surface area (Å²) in [6.45, 7) is 12.4. The van der Waals surface area contributed by atoms with Crippen molar-refractivity contribution in [3.05, 3.63) is 41.5 Å². The zero-order valence-corrected chi connectivity index (χ0v) is 14.8. The lowest BCUT2D eigenvalue weighted by atomic mass is 9.82. The number of fused-ring (bicyclic) bond motifs is 1. The average Bonchev–Trinajstić information content (AvgIpc) is 2.78. The van der Waals surface area contributed by atoms with Crippen LogP contribution in [0.15, 0.2) is 30.3 Å². The SMILES string of the molecule is CC(C)(C)NC(CC1=CCc2ccccc21)C(=O)C(C)(C)C. The van der Waals surface area contributed by atoms with Gasteiger partial charge >= 0.3 is 0 Å². The van der Waals surface area contributed by atoms with E-state index in [-0.39, 0.29) is 22.8 Å². The Morgan fingerprint density at radius 2 is 1.77 bits per heavy atom. The molecule has 0 amide bonds. The van der Waals surface area contributed by atoms with Crippen LogP contribution in [-0.4, -0.2) is 17.4 Å². The molecule has 1 aliphatic rings. The Morgan fingerprint density at radius 3 is 2.36 bits per heavy atom. The molecular formula is C20H29NO. The molecule has 0 bridgehead atoms. The third kappa shape index (κ3) is 4.07. The lowest BCUT2D eigenvalue weighted by Crippen LogP contribution is -2.50. The van der Waals surface area contributed by atoms with Crippen molar-refractivity contribution in [1.29, 1.82) is 0 Å². The van der Waals surface area contributed by atoms with Gasteiger partial charge in [0.15, 0.2) is 5.78 Å². The van der Waals surface area contributed by atoms with Crippen LogP contribution in [0, 0.1) is 5.41 Å². The predicted molar refractivity (Wildman–Crippen MR) is 93.9 cm³/mol. The highest BCUT2D eigenvalue weighted by molar-refractivity contribution is 5.91. The average molecular weight is 299 g/mol. The van der Waals surface area contributed by atoms with Gasteiger partial charge in [-0.2, -0.15) is 0 Å². The highest BCUT2D eigenvalue weighted by atomic mass is 16.1. The number of ketones is 1. The van der Waals surface area contributed by atoms with Crippen LogP contribution in [0.3, 0.4) is 0 Å². The lowest BCUT2D eigenvalue weighted by Gasteiger charge is -2.32. The van der Waals surface area contributed by atoms with Gasteiger partial charge < -0.3 is 5.32 Å². The molecule has 1 aromatic rings. The molecule has 1 N–H and O–H groups in total. The maximum atomic E-state index is 12.9. The predicted octanol–water partition coefficient (Wildman–Crippen LogP) is 4.39. The number of nitrogens with one attached hydrogen (secondary N) is 1. The molecule has 0 aromatic heterocycles. The number of Topliss-reactive ketones (excluding diaryl/α,β-unsaturated/α-hetero) is 1. The van der Waals surface area contributed by atoms with Gasteiger partial charge in [0, 0.05) is 11.0 Å². The van der Waals surface area contributed by atoms with Crippen LogP contribution in [0.2, 0.25) is 0 Å². The Bertz CT molecular complexity index is 584. The van der Waals surface area contributed by atoms with Gasteiger partial charge in [0.2, 0.25) is 0 Å². The van der Waals surface area contributed by atoms with Crippen molar-refractivity contribution in [2.75, 3.05) is 0 Å². The van der Waals surface area contributed by atoms with Crippen LogP contribution < -0.4 is 5.32 Å². The lowest BCUT2D eigenvalue weighted by molar-refractivity contribution is -0.128. The molecule has 22 heavy (non-hydrogen) atoms. The van der Waals surface area contributed by atoms with Crippen molar-refractivity contribution in [3.63, 3.8) is 0 Å². The van der Waals surface area contributed by atoms with Crippen LogP contribution in [0.4, 0.5) is 0 Å². The van der Waals surface area contributed by atoms with E-state index >= 15 is 0 Å². The van der Waals surface area contributed by atoms with Crippen molar-refractivity contribution >= 4 is 11.4 Å². The molecule has 0 aliphatic heterocycles. The van der Waals surface area contributed by atoms with Gasteiger partial charge in [-0.15, -0.1) is 0 Å². The third-order valence-electron chi connectivity index (χ3n) is 4.02. The Morgan fingerprint density at radius 1 is 1.14 bits per heavy atom. The number of allylic oxidation sites excluding steroid dienone is 1. The summed E-state index contributed by atoms with van der Waals surface area (Å²) in [5.74, 6) is 0.285. The van der Waals surface area contributed by atoms with E-state index in [1.807, 2.05) is 20.8 Å². The summed E-state index contributed by atoms with van der Waals surface area (Å²) in [5, 5.41) is 3.53. The molecule has 0 fully saturated rings. The van der Waals surface area contributed by atoms with Gasteiger partial charge in [-0.3, -0.25) is 4.79 Å². The molecule has 0 heterocycles. The minimum Gasteiger partial charge on any atom is -0.302 e. The van der Waals surface area contributed by atoms with Gasteiger partial charge in [0.25, 0.3) is 0 Å². The van der Waals surface area contributed by atoms with Crippen LogP contribution in [-0.2, 0) is 11.2 Å². The maximum absolute atomic E-state index is 12.9. The van der Waals surface area contributed by atoms with Gasteiger partial charge in [-0.05, 0) is 50.3 Å². The number of hydrogen-bond acceptors (Lipinski definition) is 2. The normalized spacial score (nSPS) is 16.2. The second-order valence-corrected chi connectivity index (χ2v) is 8.36. The number of rotatable bonds is 4. The zero-order valence-electron chi connectivity index (χ0n) is 14.8. The first-order valence-electron chi connectivity index (χ1n) is 8.17. The topological polar surface area (TPSA) is 29.1 Å². The van der Waals surface area contributed by atoms with Crippen molar-refractivity contribution < 1.29 is 4.79 Å². The third-order valence-corrected chi connectivity index (χ3v) is 4.02. The molecule has 1 atom stereocenters. The van der Waals surface area contributed by atoms with Gasteiger partial charge in [0.05, 0.1) is 6.04 Å². The fraction of sp³-hybridized carbons (Fsp3) is 0.550. The van der Waals surface area contributed by atoms with Gasteiger partial charge in [0.1, 0.15) is 0 Å². The largest absolute Gasteiger partial charge is 0.302 e. The van der Waals surface area contributed by atoms with Gasteiger partial charge in [-0.1, -0.05) is 51.1 Å². The van der Waals surface area contributed by atoms with Crippen molar-refractivity contribution in [3.8, 4) is 0 Å². The minimum atomic E-state index is -0.332. The van der Waals surface area contributed by atoms with Crippen LogP contribution in [0.1, 0.15) is 59.1 Å². The molecule has 1 aromatic carbocycles. The first-order valence-corrected chi connectivity index (χ1v) is 8.17. The summed E-state index contributed by atoms with van der Waals surface area (Å²) < 4.78 is 0. The van der Waals surface area contributed by atoms with Crippen LogP contribution in [0.25, 0.3) is 5.57 Å². The summed E-state index contributed by atoms with van der Waals surface area (Å²) in [6.07, 6.45) is 4.03. The number of hydrogen-bond donors (Lipinski definition) is 1. The molecule has 0 radical (unpaired) electrons. The molecule has 2 heteroatoms. The van der Waals surface area contributed by atoms with E-state index in [2.05, 4.69) is 56.4 Å². The molecule has 0 spiro atoms. The second kappa shape index (κ2) is 6.00. The first-order chi connectivity index (χ1) is 10.1. The fourth-order valence-corrected chi connectivity index (χ4v) is 3.02. The quantitative estimate of drug-likeness (QED) is 0.893. The van der Waals surface area contributed by atoms with E-state index in [0.29, 0.717) is 0 Å². The highest BCUT2D eigenvalue weighted by Gasteiger charge is 2.33. The molecule has 2 rings (SSSR count). The Labute approximate surface area is 135 Å². The van der Waals surface area contributed by atoms with Crippen LogP contribution in [0.5, 0.6) is 0 Å². The highest BCUT2D eigenvalue weighted by Crippen LogP contribution is 2.32. The van der Waals surface area contributed by atoms with E-state index < -0.39 is 0 Å². The second-order valence-electron chi connectivity index (χ2n) is 8.36. The van der Waals surface area contributed by atoms with E-state index in [4.69, 9.17) is 0 Å². The summed E-state index contributed by atoms with van der Waals surface area (Å²) >= 11 is 0. The number of benzene rings is 1. The monoisotopic (exact) mass is 299 g/mol. The van der Waals surface area contributed by atoms with E-state index in [1.165, 1.54) is 16.7 Å². The molecule has 1 aliphatic carbocycles. The maximum Gasteiger partial charge on any atom is 0.155 e. The smallest absolute Gasteiger partial charge is 0.155 e. The minimum absolute atomic E-state index is 0.0791. The zero-order chi connectivity index (χ0) is 16.5. The fourth-order valence-electron chi connectivity index (χ4n) is 3.02. The summed E-state index contributed by atoms with van der Waals surface area (Å²) in [5.41, 5.74) is 3.57. The summed E-state index contributed by atoms with van der Waals surface area (Å²) in [6, 6.07) is 8.37. The molecule has 1 unspecified atom stereocenters. The van der Waals surface area contributed by atoms with E-state index in [1.54, 1.807) is 0 Å². The Balaban J connectivity index is 2.23. The van der Waals surface area contributed by atoms with Crippen molar-refractivity contribution in [2.45, 2.75) is 66.0 Å². The van der Waals surface area contributed by atoms with Crippen LogP contribution >= 0.6 is 0 Å². The number of carbonyl (C=O) groups excluding carboxylic acids is 1. The van der Waals surface area contributed by atoms with E-state index in [0.717, 1.165) is 12.8 Å². The van der Waals surface area contributed by atoms with Crippen molar-refractivity contribution in [2.24, 2.45) is 5.41 Å². The van der Waals surface area contributed by atoms with Crippen molar-refractivity contribution in [1.82, 2.24) is 5.32 Å². The molecule has 120 valence electrons. The van der Waals surface area contributed by atoms with Gasteiger partial charge in [-0.25, -0.2) is 0 Å². The Hall–Kier alpha value is -1.41. The standard InChI is InChI=1S/C20H29NO/c1-19(2,3)18(22)17(21-20(4,5)6)13-15-12-11-14-9-7-8-10-16(14)15/h7-10,12,17,21H,11,13H2,1-6H3. The summed E-state index contributed by atoms with van der Waals surface area (Å²) in [4.78, 5) is 12.9. The van der Waals surface area contributed by atoms with E-state index in [9.17, 15) is 4.79 Å². The molecule has 2 nitrogen and oxygen atoms in total. The first kappa shape index (κ1) is 17.0. The molecule has 0 saturated carbocycles. The summed E-state index contributed by atoms with van der Waals surface area (Å²) in [7, 11) is 0. The Kier molecular flexibility index (Phi) is 4.62. The number of carbonyl (C=O) groups is 1. The molecule has 0 saturated heterocycles. The molecular weight excluding hydrogens is 270 g/mol.